The highest BCUT2D eigenvalue weighted by molar-refractivity contribution is 5.79. The summed E-state index contributed by atoms with van der Waals surface area (Å²) in [5.74, 6) is 0.132. The molecule has 1 rings (SSSR count). The minimum absolute atomic E-state index is 0.132. The standard InChI is InChI=1S/C13H18O3/c1-15-9-5-8-13(14)11-16-10-12-6-3-2-4-7-12/h2-4,6-7H,5,8-11H2,1H3. The first-order chi connectivity index (χ1) is 7.83. The molecule has 1 aromatic rings. The number of hydrogen-bond acceptors (Lipinski definition) is 3. The first-order valence-corrected chi connectivity index (χ1v) is 5.45. The number of rotatable bonds is 8. The summed E-state index contributed by atoms with van der Waals surface area (Å²) in [4.78, 5) is 11.3. The van der Waals surface area contributed by atoms with Gasteiger partial charge >= 0.3 is 0 Å². The number of hydrogen-bond donors (Lipinski definition) is 0. The molecule has 0 spiro atoms. The van der Waals surface area contributed by atoms with Crippen LogP contribution in [0, 0.1) is 0 Å². The van der Waals surface area contributed by atoms with Gasteiger partial charge in [0.05, 0.1) is 6.61 Å². The highest BCUT2D eigenvalue weighted by atomic mass is 16.5. The number of methoxy groups -OCH3 is 1. The Labute approximate surface area is 96.4 Å². The van der Waals surface area contributed by atoms with Crippen LogP contribution in [-0.2, 0) is 20.9 Å². The van der Waals surface area contributed by atoms with Crippen molar-refractivity contribution in [2.75, 3.05) is 20.3 Å². The van der Waals surface area contributed by atoms with E-state index >= 15 is 0 Å². The predicted molar refractivity (Wildman–Crippen MR) is 62.2 cm³/mol. The van der Waals surface area contributed by atoms with E-state index in [0.29, 0.717) is 19.6 Å². The molecule has 16 heavy (non-hydrogen) atoms. The minimum Gasteiger partial charge on any atom is -0.385 e. The number of carbonyl (C=O) groups excluding carboxylic acids is 1. The summed E-state index contributed by atoms with van der Waals surface area (Å²) in [6.45, 7) is 1.32. The summed E-state index contributed by atoms with van der Waals surface area (Å²) in [5, 5.41) is 0. The molecule has 3 nitrogen and oxygen atoms in total. The quantitative estimate of drug-likeness (QED) is 0.632. The smallest absolute Gasteiger partial charge is 0.158 e. The molecular formula is C13H18O3. The lowest BCUT2D eigenvalue weighted by molar-refractivity contribution is -0.124. The molecule has 0 aromatic heterocycles. The lowest BCUT2D eigenvalue weighted by Crippen LogP contribution is -2.09. The van der Waals surface area contributed by atoms with Crippen LogP contribution in [0.5, 0.6) is 0 Å². The first kappa shape index (κ1) is 12.9. The van der Waals surface area contributed by atoms with Gasteiger partial charge in [-0.25, -0.2) is 0 Å². The molecule has 88 valence electrons. The largest absolute Gasteiger partial charge is 0.385 e. The van der Waals surface area contributed by atoms with E-state index in [0.717, 1.165) is 12.0 Å². The van der Waals surface area contributed by atoms with Crippen LogP contribution < -0.4 is 0 Å². The lowest BCUT2D eigenvalue weighted by atomic mass is 10.2. The van der Waals surface area contributed by atoms with Crippen LogP contribution in [0.1, 0.15) is 18.4 Å². The number of benzene rings is 1. The van der Waals surface area contributed by atoms with Gasteiger partial charge in [-0.15, -0.1) is 0 Å². The van der Waals surface area contributed by atoms with Gasteiger partial charge in [-0.05, 0) is 12.0 Å². The molecule has 0 aliphatic rings. The molecule has 0 saturated heterocycles. The number of ether oxygens (including phenoxy) is 2. The zero-order valence-electron chi connectivity index (χ0n) is 9.65. The maximum absolute atomic E-state index is 11.3. The number of ketones is 1. The van der Waals surface area contributed by atoms with Gasteiger partial charge < -0.3 is 9.47 Å². The number of Topliss-reactive ketones (excluding diaryl/α,β-unsaturated/α-hetero) is 1. The van der Waals surface area contributed by atoms with Crippen molar-refractivity contribution in [2.24, 2.45) is 0 Å². The van der Waals surface area contributed by atoms with Gasteiger partial charge in [0, 0.05) is 20.1 Å². The van der Waals surface area contributed by atoms with E-state index in [1.54, 1.807) is 7.11 Å². The second kappa shape index (κ2) is 8.02. The molecular weight excluding hydrogens is 204 g/mol. The Hall–Kier alpha value is -1.19. The Morgan fingerprint density at radius 1 is 1.25 bits per heavy atom. The van der Waals surface area contributed by atoms with Gasteiger partial charge in [0.15, 0.2) is 5.78 Å². The third-order valence-electron chi connectivity index (χ3n) is 2.18. The predicted octanol–water partition coefficient (Wildman–Crippen LogP) is 2.20. The third kappa shape index (κ3) is 5.63. The van der Waals surface area contributed by atoms with Crippen molar-refractivity contribution >= 4 is 5.78 Å². The molecule has 0 saturated carbocycles. The molecule has 0 radical (unpaired) electrons. The molecule has 0 atom stereocenters. The van der Waals surface area contributed by atoms with Crippen molar-refractivity contribution in [3.8, 4) is 0 Å². The van der Waals surface area contributed by atoms with E-state index in [1.165, 1.54) is 0 Å². The average Bonchev–Trinajstić information content (AvgIpc) is 2.31. The second-order valence-electron chi connectivity index (χ2n) is 3.61. The van der Waals surface area contributed by atoms with Crippen molar-refractivity contribution in [3.05, 3.63) is 35.9 Å². The van der Waals surface area contributed by atoms with E-state index in [2.05, 4.69) is 0 Å². The fourth-order valence-corrected chi connectivity index (χ4v) is 1.34. The topological polar surface area (TPSA) is 35.5 Å². The van der Waals surface area contributed by atoms with Crippen molar-refractivity contribution in [3.63, 3.8) is 0 Å². The molecule has 3 heteroatoms. The van der Waals surface area contributed by atoms with Crippen molar-refractivity contribution < 1.29 is 14.3 Å². The Balaban J connectivity index is 2.09. The third-order valence-corrected chi connectivity index (χ3v) is 2.18. The Morgan fingerprint density at radius 3 is 2.69 bits per heavy atom. The van der Waals surface area contributed by atoms with Crippen LogP contribution >= 0.6 is 0 Å². The van der Waals surface area contributed by atoms with E-state index in [4.69, 9.17) is 9.47 Å². The van der Waals surface area contributed by atoms with Crippen molar-refractivity contribution in [1.29, 1.82) is 0 Å². The summed E-state index contributed by atoms with van der Waals surface area (Å²) in [7, 11) is 1.64. The van der Waals surface area contributed by atoms with Crippen molar-refractivity contribution in [2.45, 2.75) is 19.4 Å². The minimum atomic E-state index is 0.132. The Morgan fingerprint density at radius 2 is 2.00 bits per heavy atom. The van der Waals surface area contributed by atoms with Gasteiger partial charge in [-0.1, -0.05) is 30.3 Å². The fraction of sp³-hybridized carbons (Fsp3) is 0.462. The Bertz CT molecular complexity index is 295. The molecule has 0 heterocycles. The van der Waals surface area contributed by atoms with Gasteiger partial charge in [0.25, 0.3) is 0 Å². The summed E-state index contributed by atoms with van der Waals surface area (Å²) >= 11 is 0. The van der Waals surface area contributed by atoms with Crippen molar-refractivity contribution in [1.82, 2.24) is 0 Å². The highest BCUT2D eigenvalue weighted by Crippen LogP contribution is 2.01. The summed E-state index contributed by atoms with van der Waals surface area (Å²) in [5.41, 5.74) is 1.09. The molecule has 1 aromatic carbocycles. The lowest BCUT2D eigenvalue weighted by Gasteiger charge is -2.03. The summed E-state index contributed by atoms with van der Waals surface area (Å²) in [6.07, 6.45) is 1.30. The zero-order chi connectivity index (χ0) is 11.6. The van der Waals surface area contributed by atoms with E-state index in [1.807, 2.05) is 30.3 Å². The van der Waals surface area contributed by atoms with E-state index < -0.39 is 0 Å². The summed E-state index contributed by atoms with van der Waals surface area (Å²) < 4.78 is 10.2. The maximum atomic E-state index is 11.3. The first-order valence-electron chi connectivity index (χ1n) is 5.45. The normalized spacial score (nSPS) is 10.3. The molecule has 0 aliphatic carbocycles. The van der Waals surface area contributed by atoms with Gasteiger partial charge in [0.2, 0.25) is 0 Å². The monoisotopic (exact) mass is 222 g/mol. The van der Waals surface area contributed by atoms with Crippen LogP contribution in [0.15, 0.2) is 30.3 Å². The van der Waals surface area contributed by atoms with Crippen LogP contribution in [0.25, 0.3) is 0 Å². The van der Waals surface area contributed by atoms with Crippen LogP contribution in [0.3, 0.4) is 0 Å². The van der Waals surface area contributed by atoms with Gasteiger partial charge in [-0.2, -0.15) is 0 Å². The zero-order valence-corrected chi connectivity index (χ0v) is 9.65. The molecule has 0 amide bonds. The van der Waals surface area contributed by atoms with Crippen LogP contribution in [-0.4, -0.2) is 26.1 Å². The van der Waals surface area contributed by atoms with Crippen LogP contribution in [0.2, 0.25) is 0 Å². The molecule has 0 bridgehead atoms. The van der Waals surface area contributed by atoms with Crippen LogP contribution in [0.4, 0.5) is 0 Å². The molecule has 0 unspecified atom stereocenters. The highest BCUT2D eigenvalue weighted by Gasteiger charge is 2.01. The fourth-order valence-electron chi connectivity index (χ4n) is 1.34. The molecule has 0 N–H and O–H groups in total. The summed E-state index contributed by atoms with van der Waals surface area (Å²) in [6, 6.07) is 9.84. The Kier molecular flexibility index (Phi) is 6.45. The van der Waals surface area contributed by atoms with Gasteiger partial charge in [0.1, 0.15) is 6.61 Å². The van der Waals surface area contributed by atoms with Gasteiger partial charge in [-0.3, -0.25) is 4.79 Å². The SMILES string of the molecule is COCCCC(=O)COCc1ccccc1. The number of carbonyl (C=O) groups is 1. The van der Waals surface area contributed by atoms with E-state index in [-0.39, 0.29) is 12.4 Å². The molecule has 0 fully saturated rings. The maximum Gasteiger partial charge on any atom is 0.158 e. The second-order valence-corrected chi connectivity index (χ2v) is 3.61. The molecule has 0 aliphatic heterocycles. The average molecular weight is 222 g/mol. The van der Waals surface area contributed by atoms with E-state index in [9.17, 15) is 4.79 Å².